The summed E-state index contributed by atoms with van der Waals surface area (Å²) < 4.78 is 12.9. The number of fused-ring (bicyclic) bond motifs is 5. The highest BCUT2D eigenvalue weighted by molar-refractivity contribution is 7.36. The third kappa shape index (κ3) is 2.42. The van der Waals surface area contributed by atoms with Gasteiger partial charge in [0.2, 0.25) is 15.6 Å². The van der Waals surface area contributed by atoms with Gasteiger partial charge in [0.15, 0.2) is 0 Å². The van der Waals surface area contributed by atoms with Crippen molar-refractivity contribution in [3.63, 3.8) is 0 Å². The van der Waals surface area contributed by atoms with E-state index in [1.807, 2.05) is 30.3 Å². The number of hydrogen-bond donors (Lipinski definition) is 1. The van der Waals surface area contributed by atoms with Crippen molar-refractivity contribution in [2.75, 3.05) is 25.1 Å². The van der Waals surface area contributed by atoms with Crippen molar-refractivity contribution in [1.29, 1.82) is 0 Å². The van der Waals surface area contributed by atoms with Crippen LogP contribution in [0.25, 0.3) is 10.2 Å². The van der Waals surface area contributed by atoms with E-state index in [0.717, 1.165) is 59.9 Å². The predicted octanol–water partition coefficient (Wildman–Crippen LogP) is 4.35. The number of aryl methyl sites for hydroxylation is 1. The molecular formula is C23H23N2O3S+. The molecule has 0 bridgehead atoms. The van der Waals surface area contributed by atoms with Crippen molar-refractivity contribution in [3.05, 3.63) is 52.5 Å². The van der Waals surface area contributed by atoms with Crippen LogP contribution in [0.5, 0.6) is 5.75 Å². The maximum absolute atomic E-state index is 13.1. The number of nitrogens with one attached hydrogen (secondary N) is 1. The Labute approximate surface area is 172 Å². The molecule has 2 aromatic carbocycles. The topological polar surface area (TPSA) is 60.5 Å². The summed E-state index contributed by atoms with van der Waals surface area (Å²) in [7, 11) is -0.0156. The first kappa shape index (κ1) is 17.4. The van der Waals surface area contributed by atoms with E-state index in [2.05, 4.69) is 18.3 Å². The van der Waals surface area contributed by atoms with Crippen molar-refractivity contribution < 1.29 is 14.3 Å². The zero-order valence-electron chi connectivity index (χ0n) is 16.4. The quantitative estimate of drug-likeness (QED) is 0.642. The number of carbonyl (C=O) groups is 1. The molecule has 3 aromatic rings. The van der Waals surface area contributed by atoms with Crippen LogP contribution in [0.4, 0.5) is 5.69 Å². The molecule has 1 saturated heterocycles. The summed E-state index contributed by atoms with van der Waals surface area (Å²) in [5.41, 5.74) is 3.17. The fourth-order valence-corrected chi connectivity index (χ4v) is 7.39. The van der Waals surface area contributed by atoms with Crippen LogP contribution < -0.4 is 10.1 Å². The van der Waals surface area contributed by atoms with Crippen molar-refractivity contribution in [2.45, 2.75) is 30.9 Å². The molecule has 5 nitrogen and oxygen atoms in total. The molecule has 1 aromatic heterocycles. The van der Waals surface area contributed by atoms with E-state index in [9.17, 15) is 4.79 Å². The average molecular weight is 408 g/mol. The number of carbonyl (C=O) groups excluding carboxylic acids is 1. The Morgan fingerprint density at radius 1 is 1.21 bits per heavy atom. The number of para-hydroxylation sites is 1. The number of benzene rings is 2. The summed E-state index contributed by atoms with van der Waals surface area (Å²) in [6, 6.07) is 12.2. The summed E-state index contributed by atoms with van der Waals surface area (Å²) in [5.74, 6) is 2.61. The predicted molar refractivity (Wildman–Crippen MR) is 114 cm³/mol. The molecule has 1 amide bonds. The smallest absolute Gasteiger partial charge is 0.243 e. The molecule has 6 rings (SSSR count). The van der Waals surface area contributed by atoms with Crippen LogP contribution in [0.15, 0.2) is 36.4 Å². The Balaban J connectivity index is 1.50. The van der Waals surface area contributed by atoms with Crippen molar-refractivity contribution >= 4 is 32.3 Å². The van der Waals surface area contributed by atoms with E-state index in [4.69, 9.17) is 14.5 Å². The number of nitrogens with zero attached hydrogens (tertiary/aromatic N) is 1. The lowest BCUT2D eigenvalue weighted by atomic mass is 9.77. The average Bonchev–Trinajstić information content (AvgIpc) is 3.35. The Bertz CT molecular complexity index is 1150. The van der Waals surface area contributed by atoms with Crippen LogP contribution >= 0.6 is 10.5 Å². The van der Waals surface area contributed by atoms with E-state index in [0.29, 0.717) is 12.5 Å². The molecule has 3 aliphatic heterocycles. The number of amides is 1. The normalized spacial score (nSPS) is 23.9. The molecule has 0 aliphatic carbocycles. The second-order valence-corrected chi connectivity index (χ2v) is 10.4. The lowest BCUT2D eigenvalue weighted by Crippen LogP contribution is -2.37. The fraction of sp³-hybridized carbons (Fsp3) is 0.391. The largest absolute Gasteiger partial charge is 0.491 e. The van der Waals surface area contributed by atoms with Gasteiger partial charge in [-0.3, -0.25) is 4.79 Å². The van der Waals surface area contributed by atoms with Crippen LogP contribution in [0.3, 0.4) is 0 Å². The van der Waals surface area contributed by atoms with Crippen LogP contribution in [0.1, 0.15) is 29.0 Å². The van der Waals surface area contributed by atoms with E-state index in [-0.39, 0.29) is 16.4 Å². The molecule has 1 spiro atoms. The molecule has 6 heteroatoms. The summed E-state index contributed by atoms with van der Waals surface area (Å²) in [5, 5.41) is 4.26. The van der Waals surface area contributed by atoms with Crippen LogP contribution in [-0.4, -0.2) is 30.7 Å². The SMILES string of the molecule is Cc1nc2cc3c(cc2[s+]1CC1CCOCC1)C1(CO3)C(=O)Nc2ccccc21. The Hall–Kier alpha value is -2.44. The number of aromatic nitrogens is 1. The number of anilines is 1. The molecule has 4 heterocycles. The van der Waals surface area contributed by atoms with E-state index >= 15 is 0 Å². The number of thiazole rings is 1. The monoisotopic (exact) mass is 407 g/mol. The van der Waals surface area contributed by atoms with Crippen molar-refractivity contribution in [3.8, 4) is 5.75 Å². The van der Waals surface area contributed by atoms with E-state index in [1.165, 1.54) is 9.71 Å². The van der Waals surface area contributed by atoms with Crippen LogP contribution in [0, 0.1) is 12.8 Å². The molecule has 148 valence electrons. The molecular weight excluding hydrogens is 384 g/mol. The molecule has 0 saturated carbocycles. The van der Waals surface area contributed by atoms with Gasteiger partial charge < -0.3 is 14.8 Å². The van der Waals surface area contributed by atoms with E-state index in [1.54, 1.807) is 0 Å². The Morgan fingerprint density at radius 3 is 2.90 bits per heavy atom. The highest BCUT2D eigenvalue weighted by Crippen LogP contribution is 2.52. The minimum atomic E-state index is -0.745. The lowest BCUT2D eigenvalue weighted by molar-refractivity contribution is -0.119. The molecule has 2 atom stereocenters. The Morgan fingerprint density at radius 2 is 2.03 bits per heavy atom. The van der Waals surface area contributed by atoms with Gasteiger partial charge in [0.25, 0.3) is 0 Å². The fourth-order valence-electron chi connectivity index (χ4n) is 5.02. The molecule has 1 N–H and O–H groups in total. The highest BCUT2D eigenvalue weighted by Gasteiger charge is 2.54. The summed E-state index contributed by atoms with van der Waals surface area (Å²) >= 11 is 0. The summed E-state index contributed by atoms with van der Waals surface area (Å²) in [4.78, 5) is 18.0. The standard InChI is InChI=1S/C23H22N2O3S/c1-14-24-19-11-20-17(10-21(19)29(14)12-15-6-8-27-9-7-15)23(13-28-20)16-4-2-3-5-18(16)25-22(23)26/h2-5,10-11,15H,6-9,12-13H2,1H3/p+1. The van der Waals surface area contributed by atoms with Crippen molar-refractivity contribution in [1.82, 2.24) is 4.98 Å². The maximum atomic E-state index is 13.1. The zero-order chi connectivity index (χ0) is 19.6. The van der Waals surface area contributed by atoms with Gasteiger partial charge >= 0.3 is 0 Å². The number of ether oxygens (including phenoxy) is 2. The molecule has 0 radical (unpaired) electrons. The number of hydrogen-bond acceptors (Lipinski definition) is 4. The van der Waals surface area contributed by atoms with Crippen molar-refractivity contribution in [2.24, 2.45) is 5.92 Å². The first-order valence-corrected chi connectivity index (χ1v) is 11.6. The third-order valence-corrected chi connectivity index (χ3v) is 9.10. The van der Waals surface area contributed by atoms with Gasteiger partial charge in [-0.05, 0) is 24.5 Å². The summed E-state index contributed by atoms with van der Waals surface area (Å²) in [6.45, 7) is 4.22. The Kier molecular flexibility index (Phi) is 3.77. The van der Waals surface area contributed by atoms with Gasteiger partial charge in [-0.25, -0.2) is 0 Å². The first-order chi connectivity index (χ1) is 14.2. The second kappa shape index (κ2) is 6.28. The van der Waals surface area contributed by atoms with Gasteiger partial charge in [0, 0.05) is 59.9 Å². The second-order valence-electron chi connectivity index (χ2n) is 8.25. The molecule has 1 fully saturated rings. The molecule has 3 aliphatic rings. The lowest BCUT2D eigenvalue weighted by Gasteiger charge is -2.20. The highest BCUT2D eigenvalue weighted by atomic mass is 32.2. The van der Waals surface area contributed by atoms with Crippen LogP contribution in [-0.2, 0) is 20.7 Å². The third-order valence-electron chi connectivity index (χ3n) is 6.63. The van der Waals surface area contributed by atoms with Gasteiger partial charge in [0.1, 0.15) is 29.0 Å². The number of rotatable bonds is 2. The van der Waals surface area contributed by atoms with E-state index < -0.39 is 5.41 Å². The van der Waals surface area contributed by atoms with Gasteiger partial charge in [0.05, 0.1) is 0 Å². The summed E-state index contributed by atoms with van der Waals surface area (Å²) in [6.07, 6.45) is 2.25. The van der Waals surface area contributed by atoms with Gasteiger partial charge in [-0.15, -0.1) is 0 Å². The minimum Gasteiger partial charge on any atom is -0.491 e. The zero-order valence-corrected chi connectivity index (χ0v) is 17.2. The first-order valence-electron chi connectivity index (χ1n) is 10.2. The van der Waals surface area contributed by atoms with Crippen LogP contribution in [0.2, 0.25) is 0 Å². The van der Waals surface area contributed by atoms with Gasteiger partial charge in [-0.1, -0.05) is 18.2 Å². The van der Waals surface area contributed by atoms with Gasteiger partial charge in [-0.2, -0.15) is 4.98 Å². The maximum Gasteiger partial charge on any atom is 0.243 e. The molecule has 2 unspecified atom stereocenters. The molecule has 29 heavy (non-hydrogen) atoms. The minimum absolute atomic E-state index is 0.0114.